The van der Waals surface area contributed by atoms with Crippen molar-refractivity contribution in [3.8, 4) is 0 Å². The van der Waals surface area contributed by atoms with Crippen LogP contribution in [0.4, 0.5) is 0 Å². The predicted octanol–water partition coefficient (Wildman–Crippen LogP) is 2.20. The predicted molar refractivity (Wildman–Crippen MR) is 73.3 cm³/mol. The Morgan fingerprint density at radius 3 is 1.94 bits per heavy atom. The van der Waals surface area contributed by atoms with Gasteiger partial charge < -0.3 is 0 Å². The first-order chi connectivity index (χ1) is 8.60. The number of rotatable bonds is 4. The van der Waals surface area contributed by atoms with E-state index in [0.717, 1.165) is 5.56 Å². The van der Waals surface area contributed by atoms with Crippen LogP contribution in [0.1, 0.15) is 5.56 Å². The Balaban J connectivity index is 2.21. The van der Waals surface area contributed by atoms with Gasteiger partial charge in [0.15, 0.2) is 0 Å². The molecule has 0 aliphatic heterocycles. The molecule has 0 saturated heterocycles. The fraction of sp³-hybridized carbons (Fsp3) is 0.143. The van der Waals surface area contributed by atoms with E-state index in [1.807, 2.05) is 36.4 Å². The van der Waals surface area contributed by atoms with Crippen LogP contribution in [0.3, 0.4) is 0 Å². The topological polar surface area (TPSA) is 34.1 Å². The maximum atomic E-state index is 12.3. The van der Waals surface area contributed by atoms with Gasteiger partial charge in [-0.25, -0.2) is 0 Å². The average Bonchev–Trinajstić information content (AvgIpc) is 2.41. The Kier molecular flexibility index (Phi) is 4.29. The molecular formula is C14H13LiO2S. The maximum absolute atomic E-state index is 12.3. The van der Waals surface area contributed by atoms with Gasteiger partial charge >= 0.3 is 117 Å². The summed E-state index contributed by atoms with van der Waals surface area (Å²) in [6, 6.07) is 18.3. The molecule has 0 fully saturated rings. The minimum absolute atomic E-state index is 0.397. The Bertz CT molecular complexity index is 594. The number of hydrogen-bond acceptors (Lipinski definition) is 2. The molecule has 0 bridgehead atoms. The van der Waals surface area contributed by atoms with Crippen molar-refractivity contribution in [1.82, 2.24) is 0 Å². The van der Waals surface area contributed by atoms with Crippen molar-refractivity contribution in [1.29, 1.82) is 0 Å². The molecule has 0 heterocycles. The number of hydrogen-bond donors (Lipinski definition) is 0. The number of sulfone groups is 1. The molecule has 0 radical (unpaired) electrons. The molecule has 1 unspecified atom stereocenters. The molecule has 0 amide bonds. The molecule has 1 atom stereocenters. The summed E-state index contributed by atoms with van der Waals surface area (Å²) in [6.07, 6.45) is 0.540. The van der Waals surface area contributed by atoms with E-state index >= 15 is 0 Å². The van der Waals surface area contributed by atoms with Gasteiger partial charge in [0, 0.05) is 0 Å². The van der Waals surface area contributed by atoms with Crippen LogP contribution in [0, 0.1) is 0 Å². The molecule has 2 aromatic carbocycles. The van der Waals surface area contributed by atoms with E-state index in [0.29, 0.717) is 11.3 Å². The fourth-order valence-corrected chi connectivity index (χ4v) is 3.31. The molecule has 88 valence electrons. The molecule has 0 N–H and O–H groups in total. The molecule has 18 heavy (non-hydrogen) atoms. The Hall–Kier alpha value is -1.01. The van der Waals surface area contributed by atoms with Crippen LogP contribution in [-0.2, 0) is 16.3 Å². The monoisotopic (exact) mass is 252 g/mol. The van der Waals surface area contributed by atoms with Crippen molar-refractivity contribution in [3.63, 3.8) is 0 Å². The van der Waals surface area contributed by atoms with E-state index in [1.54, 1.807) is 42.0 Å². The summed E-state index contributed by atoms with van der Waals surface area (Å²) in [6.45, 7) is 0. The zero-order valence-corrected chi connectivity index (χ0v) is 11.1. The molecule has 0 aliphatic carbocycles. The molecule has 0 aliphatic rings. The van der Waals surface area contributed by atoms with E-state index in [2.05, 4.69) is 0 Å². The van der Waals surface area contributed by atoms with Crippen LogP contribution in [0.15, 0.2) is 65.6 Å². The Labute approximate surface area is 117 Å². The molecule has 0 aromatic heterocycles. The SMILES string of the molecule is [Li][CH](Cc1ccccc1)S(=O)(=O)c1ccccc1. The number of benzene rings is 2. The quantitative estimate of drug-likeness (QED) is 0.782. The molecule has 2 aromatic rings. The van der Waals surface area contributed by atoms with Gasteiger partial charge in [0.2, 0.25) is 0 Å². The third kappa shape index (κ3) is 3.05. The van der Waals surface area contributed by atoms with Crippen LogP contribution >= 0.6 is 0 Å². The second-order valence-electron chi connectivity index (χ2n) is 4.36. The van der Waals surface area contributed by atoms with Gasteiger partial charge in [-0.05, 0) is 0 Å². The normalized spacial score (nSPS) is 13.2. The Morgan fingerprint density at radius 2 is 1.39 bits per heavy atom. The van der Waals surface area contributed by atoms with Gasteiger partial charge in [-0.15, -0.1) is 0 Å². The second kappa shape index (κ2) is 5.75. The van der Waals surface area contributed by atoms with Gasteiger partial charge in [0.1, 0.15) is 0 Å². The van der Waals surface area contributed by atoms with Gasteiger partial charge in [0.25, 0.3) is 0 Å². The second-order valence-corrected chi connectivity index (χ2v) is 6.72. The van der Waals surface area contributed by atoms with Crippen LogP contribution in [-0.4, -0.2) is 30.1 Å². The van der Waals surface area contributed by atoms with E-state index in [-0.39, 0.29) is 0 Å². The fourth-order valence-electron chi connectivity index (χ4n) is 1.90. The average molecular weight is 252 g/mol. The zero-order valence-electron chi connectivity index (χ0n) is 10.3. The van der Waals surface area contributed by atoms with Crippen LogP contribution < -0.4 is 0 Å². The van der Waals surface area contributed by atoms with E-state index in [1.165, 1.54) is 0 Å². The van der Waals surface area contributed by atoms with Gasteiger partial charge in [-0.1, -0.05) is 0 Å². The summed E-state index contributed by atoms with van der Waals surface area (Å²) in [5.41, 5.74) is 1.05. The van der Waals surface area contributed by atoms with Gasteiger partial charge in [0.05, 0.1) is 0 Å². The summed E-state index contributed by atoms with van der Waals surface area (Å²) in [5, 5.41) is 0. The van der Waals surface area contributed by atoms with E-state index in [4.69, 9.17) is 0 Å². The first-order valence-corrected chi connectivity index (χ1v) is 7.48. The van der Waals surface area contributed by atoms with Crippen molar-refractivity contribution in [2.75, 3.05) is 0 Å². The van der Waals surface area contributed by atoms with E-state index in [9.17, 15) is 8.42 Å². The third-order valence-electron chi connectivity index (χ3n) is 2.97. The third-order valence-corrected chi connectivity index (χ3v) is 5.12. The first kappa shape index (κ1) is 13.4. The van der Waals surface area contributed by atoms with Crippen molar-refractivity contribution in [2.45, 2.75) is 15.2 Å². The van der Waals surface area contributed by atoms with Crippen molar-refractivity contribution in [2.24, 2.45) is 0 Å². The summed E-state index contributed by atoms with van der Waals surface area (Å²) >= 11 is 1.76. The van der Waals surface area contributed by atoms with Crippen molar-refractivity contribution < 1.29 is 8.42 Å². The first-order valence-electron chi connectivity index (χ1n) is 5.93. The van der Waals surface area contributed by atoms with Gasteiger partial charge in [-0.2, -0.15) is 0 Å². The molecule has 4 heteroatoms. The Morgan fingerprint density at radius 1 is 0.889 bits per heavy atom. The van der Waals surface area contributed by atoms with Crippen molar-refractivity contribution >= 4 is 27.6 Å². The summed E-state index contributed by atoms with van der Waals surface area (Å²) in [5.74, 6) is 0. The van der Waals surface area contributed by atoms with Crippen molar-refractivity contribution in [3.05, 3.63) is 66.2 Å². The molecule has 0 spiro atoms. The van der Waals surface area contributed by atoms with Crippen LogP contribution in [0.5, 0.6) is 0 Å². The molecule has 2 nitrogen and oxygen atoms in total. The van der Waals surface area contributed by atoms with Gasteiger partial charge in [-0.3, -0.25) is 0 Å². The summed E-state index contributed by atoms with van der Waals surface area (Å²) in [4.78, 5) is 0.397. The van der Waals surface area contributed by atoms with E-state index < -0.39 is 13.8 Å². The van der Waals surface area contributed by atoms with Crippen LogP contribution in [0.2, 0.25) is 0 Å². The molecule has 0 saturated carbocycles. The summed E-state index contributed by atoms with van der Waals surface area (Å²) in [7, 11) is -3.24. The molecular weight excluding hydrogens is 239 g/mol. The minimum atomic E-state index is -3.24. The summed E-state index contributed by atoms with van der Waals surface area (Å²) < 4.78 is 24.3. The zero-order chi connectivity index (χ0) is 13.0. The van der Waals surface area contributed by atoms with Crippen LogP contribution in [0.25, 0.3) is 0 Å². The standard InChI is InChI=1S/C14H13O2S.Li/c15-17(16,14-9-5-2-6-10-14)12-11-13-7-3-1-4-8-13;/h1-10,12H,11H2;. The molecule has 2 rings (SSSR count).